The Kier molecular flexibility index (Phi) is 5.26. The van der Waals surface area contributed by atoms with Crippen LogP contribution in [0.1, 0.15) is 23.4 Å². The number of hydrogen-bond donors (Lipinski definition) is 0. The number of aryl methyl sites for hydroxylation is 2. The molecule has 0 spiro atoms. The van der Waals surface area contributed by atoms with Crippen LogP contribution in [0.25, 0.3) is 17.2 Å². The summed E-state index contributed by atoms with van der Waals surface area (Å²) in [5, 5.41) is 12.6. The van der Waals surface area contributed by atoms with Crippen molar-refractivity contribution < 1.29 is 13.9 Å². The zero-order valence-corrected chi connectivity index (χ0v) is 16.9. The van der Waals surface area contributed by atoms with Crippen LogP contribution in [-0.4, -0.2) is 42.0 Å². The van der Waals surface area contributed by atoms with Gasteiger partial charge in [-0.3, -0.25) is 4.79 Å². The van der Waals surface area contributed by atoms with Crippen LogP contribution in [0.5, 0.6) is 5.75 Å². The molecular formula is C19H18N6O3S. The minimum atomic E-state index is -0.321. The van der Waals surface area contributed by atoms with Gasteiger partial charge >= 0.3 is 5.97 Å². The molecule has 148 valence electrons. The summed E-state index contributed by atoms with van der Waals surface area (Å²) in [6.07, 6.45) is 3.92. The maximum absolute atomic E-state index is 12.3. The lowest BCUT2D eigenvalue weighted by Crippen LogP contribution is -2.12. The first-order chi connectivity index (χ1) is 14.0. The van der Waals surface area contributed by atoms with Crippen LogP contribution in [0, 0.1) is 13.8 Å². The Hall–Kier alpha value is -3.27. The van der Waals surface area contributed by atoms with Crippen molar-refractivity contribution in [2.45, 2.75) is 31.8 Å². The fraction of sp³-hybridized carbons (Fsp3) is 0.263. The molecule has 1 aromatic carbocycles. The Morgan fingerprint density at radius 2 is 2.00 bits per heavy atom. The van der Waals surface area contributed by atoms with Crippen molar-refractivity contribution in [3.8, 4) is 17.2 Å². The number of benzene rings is 1. The average molecular weight is 410 g/mol. The predicted molar refractivity (Wildman–Crippen MR) is 106 cm³/mol. The number of thioether (sulfide) groups is 1. The van der Waals surface area contributed by atoms with Crippen LogP contribution in [0.15, 0.2) is 40.2 Å². The third-order valence-electron chi connectivity index (χ3n) is 4.48. The quantitative estimate of drug-likeness (QED) is 0.269. The first-order valence-corrected chi connectivity index (χ1v) is 10.1. The molecule has 0 aliphatic rings. The zero-order chi connectivity index (χ0) is 20.4. The summed E-state index contributed by atoms with van der Waals surface area (Å²) < 4.78 is 12.3. The number of carbonyl (C=O) groups is 1. The third kappa shape index (κ3) is 3.97. The third-order valence-corrected chi connectivity index (χ3v) is 5.02. The average Bonchev–Trinajstić information content (AvgIpc) is 3.38. The van der Waals surface area contributed by atoms with Gasteiger partial charge in [0.25, 0.3) is 5.78 Å². The van der Waals surface area contributed by atoms with Crippen LogP contribution < -0.4 is 4.74 Å². The van der Waals surface area contributed by atoms with Crippen molar-refractivity contribution in [1.29, 1.82) is 0 Å². The fourth-order valence-corrected chi connectivity index (χ4v) is 3.35. The number of fused-ring (bicyclic) bond motifs is 1. The lowest BCUT2D eigenvalue weighted by molar-refractivity contribution is -0.134. The number of aromatic nitrogens is 6. The molecule has 0 aliphatic heterocycles. The Balaban J connectivity index is 1.43. The van der Waals surface area contributed by atoms with E-state index in [1.165, 1.54) is 18.2 Å². The molecule has 0 amide bonds. The molecular weight excluding hydrogens is 392 g/mol. The maximum Gasteiger partial charge on any atom is 0.311 e. The summed E-state index contributed by atoms with van der Waals surface area (Å²) in [4.78, 5) is 21.2. The number of carbonyl (C=O) groups excluding carboxylic acids is 1. The van der Waals surface area contributed by atoms with Gasteiger partial charge in [0, 0.05) is 17.0 Å². The van der Waals surface area contributed by atoms with E-state index < -0.39 is 0 Å². The molecule has 3 aromatic heterocycles. The first-order valence-electron chi connectivity index (χ1n) is 8.89. The van der Waals surface area contributed by atoms with Gasteiger partial charge in [-0.25, -0.2) is 9.50 Å². The van der Waals surface area contributed by atoms with Crippen LogP contribution in [-0.2, 0) is 11.2 Å². The highest BCUT2D eigenvalue weighted by atomic mass is 32.2. The molecule has 4 rings (SSSR count). The molecule has 0 bridgehead atoms. The molecule has 0 fully saturated rings. The Bertz CT molecular complexity index is 1160. The van der Waals surface area contributed by atoms with Gasteiger partial charge in [-0.15, -0.1) is 15.3 Å². The molecule has 10 heteroatoms. The molecule has 0 radical (unpaired) electrons. The van der Waals surface area contributed by atoms with Gasteiger partial charge in [0.1, 0.15) is 5.75 Å². The van der Waals surface area contributed by atoms with Gasteiger partial charge in [-0.05, 0) is 56.4 Å². The van der Waals surface area contributed by atoms with E-state index in [1.807, 2.05) is 20.1 Å². The Morgan fingerprint density at radius 3 is 2.69 bits per heavy atom. The maximum atomic E-state index is 12.3. The summed E-state index contributed by atoms with van der Waals surface area (Å²) in [6, 6.07) is 6.91. The van der Waals surface area contributed by atoms with Crippen molar-refractivity contribution >= 4 is 23.5 Å². The summed E-state index contributed by atoms with van der Waals surface area (Å²) in [6.45, 7) is 3.87. The van der Waals surface area contributed by atoms with Crippen molar-refractivity contribution in [1.82, 2.24) is 29.8 Å². The van der Waals surface area contributed by atoms with Crippen molar-refractivity contribution in [2.24, 2.45) is 0 Å². The molecule has 0 saturated carbocycles. The van der Waals surface area contributed by atoms with E-state index in [4.69, 9.17) is 9.15 Å². The number of rotatable bonds is 6. The second-order valence-electron chi connectivity index (χ2n) is 6.31. The summed E-state index contributed by atoms with van der Waals surface area (Å²) in [5.74, 6) is 1.12. The largest absolute Gasteiger partial charge is 0.427 e. The minimum Gasteiger partial charge on any atom is -0.427 e. The minimum absolute atomic E-state index is 0.227. The molecule has 0 aliphatic carbocycles. The molecule has 4 aromatic rings. The molecule has 3 heterocycles. The van der Waals surface area contributed by atoms with Crippen LogP contribution in [0.2, 0.25) is 0 Å². The van der Waals surface area contributed by atoms with E-state index in [0.717, 1.165) is 22.5 Å². The molecule has 29 heavy (non-hydrogen) atoms. The van der Waals surface area contributed by atoms with Crippen LogP contribution >= 0.6 is 11.8 Å². The Morgan fingerprint density at radius 1 is 1.21 bits per heavy atom. The van der Waals surface area contributed by atoms with Gasteiger partial charge < -0.3 is 9.15 Å². The van der Waals surface area contributed by atoms with E-state index >= 15 is 0 Å². The van der Waals surface area contributed by atoms with E-state index in [0.29, 0.717) is 29.0 Å². The van der Waals surface area contributed by atoms with Gasteiger partial charge in [0.15, 0.2) is 0 Å². The normalized spacial score (nSPS) is 11.1. The van der Waals surface area contributed by atoms with E-state index in [2.05, 4.69) is 25.3 Å². The summed E-state index contributed by atoms with van der Waals surface area (Å²) >= 11 is 1.46. The highest BCUT2D eigenvalue weighted by Crippen LogP contribution is 2.21. The highest BCUT2D eigenvalue weighted by molar-refractivity contribution is 7.98. The molecule has 0 N–H and O–H groups in total. The number of ether oxygens (including phenoxy) is 1. The predicted octanol–water partition coefficient (Wildman–Crippen LogP) is 3.05. The zero-order valence-electron chi connectivity index (χ0n) is 16.1. The van der Waals surface area contributed by atoms with E-state index in [-0.39, 0.29) is 12.4 Å². The van der Waals surface area contributed by atoms with E-state index in [9.17, 15) is 4.79 Å². The van der Waals surface area contributed by atoms with Gasteiger partial charge in [-0.1, -0.05) is 11.8 Å². The number of nitrogens with zero attached hydrogens (tertiary/aromatic N) is 6. The lowest BCUT2D eigenvalue weighted by Gasteiger charge is -2.10. The highest BCUT2D eigenvalue weighted by Gasteiger charge is 2.15. The second kappa shape index (κ2) is 8.00. The molecule has 9 nitrogen and oxygen atoms in total. The van der Waals surface area contributed by atoms with Crippen molar-refractivity contribution in [3.05, 3.63) is 47.6 Å². The van der Waals surface area contributed by atoms with Crippen LogP contribution in [0.4, 0.5) is 0 Å². The first kappa shape index (κ1) is 19.1. The van der Waals surface area contributed by atoms with Crippen molar-refractivity contribution in [3.63, 3.8) is 0 Å². The molecule has 0 saturated heterocycles. The molecule has 0 unspecified atom stereocenters. The number of hydrogen-bond acceptors (Lipinski definition) is 9. The summed E-state index contributed by atoms with van der Waals surface area (Å²) in [5.41, 5.74) is 3.49. The SMILES string of the molecule is CSc1nc2nc(C)c(CCC(=O)Oc3ccc(-c4nnco4)cc3)c(C)n2n1. The standard InChI is InChI=1S/C19H18N6O3S/c1-11-15(12(2)25-18(21-11)22-19(24-25)29-3)8-9-16(26)28-14-6-4-13(5-7-14)17-23-20-10-27-17/h4-7,10H,8-9H2,1-3H3. The topological polar surface area (TPSA) is 108 Å². The van der Waals surface area contributed by atoms with Crippen molar-refractivity contribution in [2.75, 3.05) is 6.26 Å². The Labute approximate surface area is 170 Å². The monoisotopic (exact) mass is 410 g/mol. The van der Waals surface area contributed by atoms with E-state index in [1.54, 1.807) is 28.8 Å². The second-order valence-corrected chi connectivity index (χ2v) is 7.09. The molecule has 0 atom stereocenters. The van der Waals surface area contributed by atoms with Gasteiger partial charge in [0.2, 0.25) is 17.4 Å². The number of esters is 1. The van der Waals surface area contributed by atoms with Crippen LogP contribution in [0.3, 0.4) is 0 Å². The smallest absolute Gasteiger partial charge is 0.311 e. The van der Waals surface area contributed by atoms with Gasteiger partial charge in [-0.2, -0.15) is 4.98 Å². The fourth-order valence-electron chi connectivity index (χ4n) is 3.01. The summed E-state index contributed by atoms with van der Waals surface area (Å²) in [7, 11) is 0. The lowest BCUT2D eigenvalue weighted by atomic mass is 10.1. The van der Waals surface area contributed by atoms with Gasteiger partial charge in [0.05, 0.1) is 6.42 Å².